The summed E-state index contributed by atoms with van der Waals surface area (Å²) in [6.07, 6.45) is 0.986. The molecule has 0 spiro atoms. The van der Waals surface area contributed by atoms with Crippen molar-refractivity contribution in [2.24, 2.45) is 5.92 Å². The first-order valence-corrected chi connectivity index (χ1v) is 6.96. The van der Waals surface area contributed by atoms with E-state index in [1.165, 1.54) is 11.1 Å². The lowest BCUT2D eigenvalue weighted by Crippen LogP contribution is -1.98. The molecule has 0 radical (unpaired) electrons. The monoisotopic (exact) mass is 264 g/mol. The van der Waals surface area contributed by atoms with Gasteiger partial charge in [0.05, 0.1) is 0 Å². The Morgan fingerprint density at radius 2 is 1.65 bits per heavy atom. The Hall–Kier alpha value is -2.20. The van der Waals surface area contributed by atoms with E-state index in [0.717, 1.165) is 12.2 Å². The molecule has 1 nitrogen and oxygen atoms in total. The van der Waals surface area contributed by atoms with E-state index in [0.29, 0.717) is 12.5 Å². The van der Waals surface area contributed by atoms with Crippen LogP contribution < -0.4 is 4.74 Å². The predicted molar refractivity (Wildman–Crippen MR) is 83.5 cm³/mol. The highest BCUT2D eigenvalue weighted by Crippen LogP contribution is 2.16. The van der Waals surface area contributed by atoms with Crippen molar-refractivity contribution < 1.29 is 4.74 Å². The molecule has 0 saturated carbocycles. The molecule has 0 heterocycles. The summed E-state index contributed by atoms with van der Waals surface area (Å²) in [4.78, 5) is 0. The van der Waals surface area contributed by atoms with Gasteiger partial charge in [-0.1, -0.05) is 49.4 Å². The maximum absolute atomic E-state index is 5.77. The zero-order valence-electron chi connectivity index (χ0n) is 12.1. The average Bonchev–Trinajstić information content (AvgIpc) is 2.48. The molecule has 0 saturated heterocycles. The van der Waals surface area contributed by atoms with Gasteiger partial charge < -0.3 is 4.74 Å². The van der Waals surface area contributed by atoms with Crippen molar-refractivity contribution in [3.63, 3.8) is 0 Å². The highest BCUT2D eigenvalue weighted by molar-refractivity contribution is 5.28. The molecule has 1 unspecified atom stereocenters. The molecule has 0 aliphatic rings. The van der Waals surface area contributed by atoms with Gasteiger partial charge in [0, 0.05) is 5.92 Å². The number of benzene rings is 2. The fourth-order valence-electron chi connectivity index (χ4n) is 2.11. The van der Waals surface area contributed by atoms with Crippen LogP contribution in [0.15, 0.2) is 54.6 Å². The van der Waals surface area contributed by atoms with Crippen molar-refractivity contribution in [3.8, 4) is 17.6 Å². The Kier molecular flexibility index (Phi) is 5.26. The molecule has 2 aromatic rings. The maximum Gasteiger partial charge on any atom is 0.119 e. The first kappa shape index (κ1) is 14.2. The van der Waals surface area contributed by atoms with E-state index in [1.807, 2.05) is 37.3 Å². The first-order valence-electron chi connectivity index (χ1n) is 6.96. The Labute approximate surface area is 121 Å². The van der Waals surface area contributed by atoms with Gasteiger partial charge in [0.15, 0.2) is 0 Å². The molecule has 1 heteroatoms. The normalized spacial score (nSPS) is 11.3. The van der Waals surface area contributed by atoms with Crippen LogP contribution in [-0.4, -0.2) is 0 Å². The minimum absolute atomic E-state index is 0.399. The van der Waals surface area contributed by atoms with Crippen molar-refractivity contribution in [1.29, 1.82) is 0 Å². The van der Waals surface area contributed by atoms with Gasteiger partial charge in [0.1, 0.15) is 12.4 Å². The van der Waals surface area contributed by atoms with Gasteiger partial charge in [-0.25, -0.2) is 0 Å². The van der Waals surface area contributed by atoms with Crippen LogP contribution in [0.4, 0.5) is 0 Å². The molecule has 0 amide bonds. The van der Waals surface area contributed by atoms with Gasteiger partial charge in [-0.2, -0.15) is 0 Å². The quantitative estimate of drug-likeness (QED) is 0.724. The van der Waals surface area contributed by atoms with Gasteiger partial charge in [-0.3, -0.25) is 0 Å². The van der Waals surface area contributed by atoms with Gasteiger partial charge in [0.2, 0.25) is 0 Å². The van der Waals surface area contributed by atoms with Crippen LogP contribution in [0.1, 0.15) is 25.0 Å². The van der Waals surface area contributed by atoms with Crippen molar-refractivity contribution in [2.45, 2.75) is 26.9 Å². The highest BCUT2D eigenvalue weighted by atomic mass is 16.5. The van der Waals surface area contributed by atoms with Crippen molar-refractivity contribution in [3.05, 3.63) is 65.7 Å². The second-order valence-electron chi connectivity index (χ2n) is 4.92. The number of ether oxygens (including phenoxy) is 1. The molecule has 0 aliphatic heterocycles. The minimum atomic E-state index is 0.399. The largest absolute Gasteiger partial charge is 0.489 e. The molecule has 0 aromatic heterocycles. The lowest BCUT2D eigenvalue weighted by atomic mass is 10.0. The van der Waals surface area contributed by atoms with Crippen LogP contribution in [-0.2, 0) is 13.0 Å². The zero-order chi connectivity index (χ0) is 14.2. The van der Waals surface area contributed by atoms with E-state index in [4.69, 9.17) is 4.74 Å². The van der Waals surface area contributed by atoms with E-state index in [2.05, 4.69) is 43.0 Å². The molecule has 0 aliphatic carbocycles. The molecule has 0 fully saturated rings. The van der Waals surface area contributed by atoms with E-state index in [9.17, 15) is 0 Å². The van der Waals surface area contributed by atoms with Crippen molar-refractivity contribution >= 4 is 0 Å². The Balaban J connectivity index is 1.89. The average molecular weight is 264 g/mol. The summed E-state index contributed by atoms with van der Waals surface area (Å²) in [5.41, 5.74) is 2.48. The third kappa shape index (κ3) is 4.48. The van der Waals surface area contributed by atoms with Gasteiger partial charge >= 0.3 is 0 Å². The van der Waals surface area contributed by atoms with E-state index in [1.54, 1.807) is 0 Å². The van der Waals surface area contributed by atoms with Gasteiger partial charge in [-0.15, -0.1) is 11.8 Å². The maximum atomic E-state index is 5.77. The number of rotatable bonds is 5. The summed E-state index contributed by atoms with van der Waals surface area (Å²) in [5.74, 6) is 7.45. The SMILES string of the molecule is CC#CC(C)Cc1ccc(OCc2ccccc2)cc1. The third-order valence-corrected chi connectivity index (χ3v) is 3.10. The Morgan fingerprint density at radius 3 is 2.30 bits per heavy atom. The molecule has 2 aromatic carbocycles. The molecule has 0 bridgehead atoms. The fourth-order valence-corrected chi connectivity index (χ4v) is 2.11. The summed E-state index contributed by atoms with van der Waals surface area (Å²) in [5, 5.41) is 0. The first-order chi connectivity index (χ1) is 9.78. The van der Waals surface area contributed by atoms with E-state index < -0.39 is 0 Å². The van der Waals surface area contributed by atoms with Crippen molar-refractivity contribution in [1.82, 2.24) is 0 Å². The van der Waals surface area contributed by atoms with E-state index >= 15 is 0 Å². The van der Waals surface area contributed by atoms with Gasteiger partial charge in [0.25, 0.3) is 0 Å². The minimum Gasteiger partial charge on any atom is -0.489 e. The lowest BCUT2D eigenvalue weighted by Gasteiger charge is -2.08. The van der Waals surface area contributed by atoms with E-state index in [-0.39, 0.29) is 0 Å². The lowest BCUT2D eigenvalue weighted by molar-refractivity contribution is 0.306. The smallest absolute Gasteiger partial charge is 0.119 e. The Bertz CT molecular complexity index is 573. The van der Waals surface area contributed by atoms with Crippen molar-refractivity contribution in [2.75, 3.05) is 0 Å². The van der Waals surface area contributed by atoms with Crippen LogP contribution in [0.5, 0.6) is 5.75 Å². The molecule has 20 heavy (non-hydrogen) atoms. The summed E-state index contributed by atoms with van der Waals surface area (Å²) in [7, 11) is 0. The fraction of sp³-hybridized carbons (Fsp3) is 0.263. The second-order valence-corrected chi connectivity index (χ2v) is 4.92. The number of hydrogen-bond acceptors (Lipinski definition) is 1. The van der Waals surface area contributed by atoms with Gasteiger partial charge in [-0.05, 0) is 36.6 Å². The zero-order valence-corrected chi connectivity index (χ0v) is 12.1. The summed E-state index contributed by atoms with van der Waals surface area (Å²) >= 11 is 0. The van der Waals surface area contributed by atoms with Crippen LogP contribution >= 0.6 is 0 Å². The molecular weight excluding hydrogens is 244 g/mol. The topological polar surface area (TPSA) is 9.23 Å². The van der Waals surface area contributed by atoms with Crippen LogP contribution in [0.2, 0.25) is 0 Å². The number of hydrogen-bond donors (Lipinski definition) is 0. The molecular formula is C19H20O. The summed E-state index contributed by atoms with van der Waals surface area (Å²) in [6.45, 7) is 4.64. The van der Waals surface area contributed by atoms with Crippen LogP contribution in [0.3, 0.4) is 0 Å². The van der Waals surface area contributed by atoms with Crippen LogP contribution in [0, 0.1) is 17.8 Å². The summed E-state index contributed by atoms with van der Waals surface area (Å²) < 4.78 is 5.77. The standard InChI is InChI=1S/C19H20O/c1-3-7-16(2)14-17-10-12-19(13-11-17)20-15-18-8-5-4-6-9-18/h4-6,8-13,16H,14-15H2,1-2H3. The second kappa shape index (κ2) is 7.40. The summed E-state index contributed by atoms with van der Waals surface area (Å²) in [6, 6.07) is 18.5. The predicted octanol–water partition coefficient (Wildman–Crippen LogP) is 4.47. The molecule has 0 N–H and O–H groups in total. The molecule has 1 atom stereocenters. The molecule has 2 rings (SSSR count). The highest BCUT2D eigenvalue weighted by Gasteiger charge is 2.01. The van der Waals surface area contributed by atoms with Crippen LogP contribution in [0.25, 0.3) is 0 Å². The molecule has 102 valence electrons. The third-order valence-electron chi connectivity index (χ3n) is 3.10. The Morgan fingerprint density at radius 1 is 0.950 bits per heavy atom.